The molecule has 0 aliphatic carbocycles. The summed E-state index contributed by atoms with van der Waals surface area (Å²) in [6, 6.07) is 3.26. The lowest BCUT2D eigenvalue weighted by Crippen LogP contribution is -2.32. The number of sulfonamides is 1. The summed E-state index contributed by atoms with van der Waals surface area (Å²) in [7, 11) is -3.45. The zero-order chi connectivity index (χ0) is 13.9. The van der Waals surface area contributed by atoms with Crippen LogP contribution in [0.1, 0.15) is 25.8 Å². The molecule has 0 aromatic heterocycles. The van der Waals surface area contributed by atoms with Gasteiger partial charge in [-0.15, -0.1) is 0 Å². The van der Waals surface area contributed by atoms with Gasteiger partial charge < -0.3 is 5.73 Å². The van der Waals surface area contributed by atoms with Crippen LogP contribution in [0.4, 0.5) is 5.69 Å². The first-order valence-electron chi connectivity index (χ1n) is 5.90. The minimum absolute atomic E-state index is 0.290. The summed E-state index contributed by atoms with van der Waals surface area (Å²) in [6.45, 7) is 6.56. The Kier molecular flexibility index (Phi) is 5.19. The lowest BCUT2D eigenvalue weighted by Gasteiger charge is -2.21. The Bertz CT molecular complexity index is 529. The van der Waals surface area contributed by atoms with Gasteiger partial charge >= 0.3 is 0 Å². The number of nitrogens with zero attached hydrogens (tertiary/aromatic N) is 1. The van der Waals surface area contributed by atoms with Crippen LogP contribution >= 0.6 is 15.9 Å². The molecule has 0 aliphatic heterocycles. The number of nitrogens with two attached hydrogens (primary N) is 1. The monoisotopic (exact) mass is 334 g/mol. The fourth-order valence-electron chi connectivity index (χ4n) is 1.78. The quantitative estimate of drug-likeness (QED) is 0.842. The maximum Gasteiger partial charge on any atom is 0.243 e. The Morgan fingerprint density at radius 3 is 2.44 bits per heavy atom. The normalized spacial score (nSPS) is 12.1. The smallest absolute Gasteiger partial charge is 0.243 e. The molecule has 0 bridgehead atoms. The third-order valence-electron chi connectivity index (χ3n) is 2.74. The molecule has 102 valence electrons. The maximum absolute atomic E-state index is 12.5. The minimum atomic E-state index is -3.45. The second-order valence-corrected chi connectivity index (χ2v) is 6.90. The van der Waals surface area contributed by atoms with Crippen LogP contribution in [0.3, 0.4) is 0 Å². The van der Waals surface area contributed by atoms with Gasteiger partial charge in [-0.1, -0.05) is 13.8 Å². The molecule has 1 aromatic rings. The lowest BCUT2D eigenvalue weighted by atomic mass is 10.2. The molecule has 0 atom stereocenters. The van der Waals surface area contributed by atoms with Crippen molar-refractivity contribution in [3.63, 3.8) is 0 Å². The molecule has 0 unspecified atom stereocenters. The molecule has 0 heterocycles. The largest absolute Gasteiger partial charge is 0.398 e. The summed E-state index contributed by atoms with van der Waals surface area (Å²) in [5.41, 5.74) is 6.91. The molecule has 4 nitrogen and oxygen atoms in total. The van der Waals surface area contributed by atoms with E-state index < -0.39 is 10.0 Å². The van der Waals surface area contributed by atoms with Crippen molar-refractivity contribution in [2.45, 2.75) is 32.1 Å². The van der Waals surface area contributed by atoms with Gasteiger partial charge in [-0.05, 0) is 47.0 Å². The summed E-state index contributed by atoms with van der Waals surface area (Å²) >= 11 is 3.30. The SMILES string of the molecule is CCCN(CC)S(=O)(=O)c1cc(N)c(Br)cc1C. The Hall–Kier alpha value is -0.590. The van der Waals surface area contributed by atoms with Crippen molar-refractivity contribution in [1.82, 2.24) is 4.31 Å². The van der Waals surface area contributed by atoms with Crippen LogP contribution < -0.4 is 5.73 Å². The molecule has 0 saturated carbocycles. The summed E-state index contributed by atoms with van der Waals surface area (Å²) in [4.78, 5) is 0.290. The highest BCUT2D eigenvalue weighted by atomic mass is 79.9. The van der Waals surface area contributed by atoms with E-state index in [0.29, 0.717) is 29.2 Å². The predicted molar refractivity (Wildman–Crippen MR) is 78.0 cm³/mol. The van der Waals surface area contributed by atoms with Crippen molar-refractivity contribution in [1.29, 1.82) is 0 Å². The Balaban J connectivity index is 3.32. The topological polar surface area (TPSA) is 63.4 Å². The maximum atomic E-state index is 12.5. The van der Waals surface area contributed by atoms with Crippen LogP contribution in [0.25, 0.3) is 0 Å². The van der Waals surface area contributed by atoms with Gasteiger partial charge in [0.15, 0.2) is 0 Å². The third kappa shape index (κ3) is 3.05. The molecule has 0 radical (unpaired) electrons. The number of aryl methyl sites for hydroxylation is 1. The third-order valence-corrected chi connectivity index (χ3v) is 5.54. The summed E-state index contributed by atoms with van der Waals surface area (Å²) in [5.74, 6) is 0. The number of hydrogen-bond acceptors (Lipinski definition) is 3. The highest BCUT2D eigenvalue weighted by Gasteiger charge is 2.24. The van der Waals surface area contributed by atoms with E-state index in [1.165, 1.54) is 10.4 Å². The molecule has 1 aromatic carbocycles. The minimum Gasteiger partial charge on any atom is -0.398 e. The highest BCUT2D eigenvalue weighted by molar-refractivity contribution is 9.10. The van der Waals surface area contributed by atoms with E-state index in [1.807, 2.05) is 13.8 Å². The Morgan fingerprint density at radius 1 is 1.33 bits per heavy atom. The molecule has 18 heavy (non-hydrogen) atoms. The second kappa shape index (κ2) is 6.04. The Labute approximate surface area is 117 Å². The molecular formula is C12H19BrN2O2S. The van der Waals surface area contributed by atoms with Gasteiger partial charge in [0.2, 0.25) is 10.0 Å². The van der Waals surface area contributed by atoms with E-state index >= 15 is 0 Å². The van der Waals surface area contributed by atoms with E-state index in [9.17, 15) is 8.42 Å². The van der Waals surface area contributed by atoms with Crippen LogP contribution in [-0.4, -0.2) is 25.8 Å². The molecule has 0 aliphatic rings. The van der Waals surface area contributed by atoms with Gasteiger partial charge in [-0.2, -0.15) is 4.31 Å². The van der Waals surface area contributed by atoms with Crippen LogP contribution in [0, 0.1) is 6.92 Å². The fourth-order valence-corrected chi connectivity index (χ4v) is 4.02. The van der Waals surface area contributed by atoms with Crippen molar-refractivity contribution in [2.24, 2.45) is 0 Å². The van der Waals surface area contributed by atoms with Crippen LogP contribution in [0.15, 0.2) is 21.5 Å². The molecular weight excluding hydrogens is 316 g/mol. The molecule has 1 rings (SSSR count). The van der Waals surface area contributed by atoms with Gasteiger partial charge in [0.05, 0.1) is 4.90 Å². The first-order chi connectivity index (χ1) is 8.34. The number of halogens is 1. The van der Waals surface area contributed by atoms with E-state index in [4.69, 9.17) is 5.73 Å². The van der Waals surface area contributed by atoms with E-state index in [2.05, 4.69) is 15.9 Å². The average Bonchev–Trinajstić information content (AvgIpc) is 2.30. The number of nitrogen functional groups attached to an aromatic ring is 1. The number of hydrogen-bond donors (Lipinski definition) is 1. The number of benzene rings is 1. The first kappa shape index (κ1) is 15.5. The van der Waals surface area contributed by atoms with E-state index in [-0.39, 0.29) is 0 Å². The Morgan fingerprint density at radius 2 is 1.94 bits per heavy atom. The first-order valence-corrected chi connectivity index (χ1v) is 8.13. The standard InChI is InChI=1S/C12H19BrN2O2S/c1-4-6-15(5-2)18(16,17)12-8-11(14)10(13)7-9(12)3/h7-8H,4-6,14H2,1-3H3. The van der Waals surface area contributed by atoms with Gasteiger partial charge in [0, 0.05) is 23.2 Å². The fraction of sp³-hybridized carbons (Fsp3) is 0.500. The van der Waals surface area contributed by atoms with Crippen molar-refractivity contribution < 1.29 is 8.42 Å². The average molecular weight is 335 g/mol. The van der Waals surface area contributed by atoms with Crippen LogP contribution in [-0.2, 0) is 10.0 Å². The van der Waals surface area contributed by atoms with Crippen molar-refractivity contribution in [3.8, 4) is 0 Å². The summed E-state index contributed by atoms with van der Waals surface area (Å²) in [5, 5.41) is 0. The summed E-state index contributed by atoms with van der Waals surface area (Å²) < 4.78 is 27.2. The predicted octanol–water partition coefficient (Wildman–Crippen LogP) is 2.76. The lowest BCUT2D eigenvalue weighted by molar-refractivity contribution is 0.427. The highest BCUT2D eigenvalue weighted by Crippen LogP contribution is 2.28. The molecule has 6 heteroatoms. The molecule has 0 saturated heterocycles. The van der Waals surface area contributed by atoms with Crippen LogP contribution in [0.2, 0.25) is 0 Å². The molecule has 0 amide bonds. The van der Waals surface area contributed by atoms with Gasteiger partial charge in [-0.25, -0.2) is 8.42 Å². The molecule has 2 N–H and O–H groups in total. The zero-order valence-corrected chi connectivity index (χ0v) is 13.3. The van der Waals surface area contributed by atoms with E-state index in [1.54, 1.807) is 13.0 Å². The molecule has 0 fully saturated rings. The van der Waals surface area contributed by atoms with Crippen molar-refractivity contribution in [2.75, 3.05) is 18.8 Å². The van der Waals surface area contributed by atoms with Gasteiger partial charge in [0.1, 0.15) is 0 Å². The van der Waals surface area contributed by atoms with Gasteiger partial charge in [-0.3, -0.25) is 0 Å². The van der Waals surface area contributed by atoms with Crippen LogP contribution in [0.5, 0.6) is 0 Å². The number of rotatable bonds is 5. The molecule has 0 spiro atoms. The number of anilines is 1. The van der Waals surface area contributed by atoms with Crippen molar-refractivity contribution in [3.05, 3.63) is 22.2 Å². The zero-order valence-electron chi connectivity index (χ0n) is 10.9. The van der Waals surface area contributed by atoms with Gasteiger partial charge in [0.25, 0.3) is 0 Å². The van der Waals surface area contributed by atoms with Crippen molar-refractivity contribution >= 4 is 31.6 Å². The van der Waals surface area contributed by atoms with E-state index in [0.717, 1.165) is 10.9 Å². The summed E-state index contributed by atoms with van der Waals surface area (Å²) in [6.07, 6.45) is 0.790. The second-order valence-electron chi connectivity index (χ2n) is 4.14.